The van der Waals surface area contributed by atoms with Crippen molar-refractivity contribution < 1.29 is 73.6 Å². The number of hydrogen-bond donors (Lipinski definition) is 5. The lowest BCUT2D eigenvalue weighted by Crippen LogP contribution is -2.51. The molecule has 0 radical (unpaired) electrons. The number of esters is 1. The molecule has 2 aromatic heterocycles. The number of nitrogens with one attached hydrogen (secondary N) is 3. The minimum atomic E-state index is -5.14. The number of unbranched alkanes of at least 4 members (excludes halogenated alkanes) is 1. The Morgan fingerprint density at radius 1 is 0.790 bits per heavy atom. The summed E-state index contributed by atoms with van der Waals surface area (Å²) in [5.41, 5.74) is 4.07. The Balaban J connectivity index is 1.00. The molecule has 438 valence electrons. The number of rotatable bonds is 28. The van der Waals surface area contributed by atoms with Crippen LogP contribution >= 0.6 is 22.7 Å². The number of amides is 3. The Labute approximate surface area is 475 Å². The van der Waals surface area contributed by atoms with Gasteiger partial charge in [0, 0.05) is 32.6 Å². The molecule has 0 saturated carbocycles. The number of cyclic esters (lactones) is 1. The molecule has 0 spiro atoms. The van der Waals surface area contributed by atoms with Crippen LogP contribution in [0, 0.1) is 11.8 Å². The first-order chi connectivity index (χ1) is 38.5. The minimum Gasteiger partial charge on any atom is -0.455 e. The molecule has 4 aromatic carbocycles. The molecule has 81 heavy (non-hydrogen) atoms. The molecule has 6 aromatic rings. The van der Waals surface area contributed by atoms with E-state index in [9.17, 15) is 59.4 Å². The van der Waals surface area contributed by atoms with E-state index >= 15 is 0 Å². The third-order valence-electron chi connectivity index (χ3n) is 13.5. The van der Waals surface area contributed by atoms with Crippen LogP contribution in [0.25, 0.3) is 20.4 Å². The highest BCUT2D eigenvalue weighted by molar-refractivity contribution is 7.89. The number of carbonyl (C=O) groups is 4. The van der Waals surface area contributed by atoms with Gasteiger partial charge < -0.3 is 40.4 Å². The van der Waals surface area contributed by atoms with Crippen molar-refractivity contribution in [1.82, 2.24) is 34.5 Å². The van der Waals surface area contributed by atoms with Crippen molar-refractivity contribution in [2.75, 3.05) is 45.9 Å². The maximum Gasteiger partial charge on any atom is 0.471 e. The van der Waals surface area contributed by atoms with Crippen LogP contribution < -0.4 is 16.0 Å². The third kappa shape index (κ3) is 16.9. The maximum atomic E-state index is 14.6. The van der Waals surface area contributed by atoms with Crippen molar-refractivity contribution in [3.63, 3.8) is 0 Å². The van der Waals surface area contributed by atoms with Crippen molar-refractivity contribution in [3.05, 3.63) is 119 Å². The second-order valence-corrected chi connectivity index (χ2v) is 25.4. The second kappa shape index (κ2) is 28.1. The molecule has 0 aliphatic carbocycles. The lowest BCUT2D eigenvalue weighted by Gasteiger charge is -2.31. The Morgan fingerprint density at radius 3 is 1.95 bits per heavy atom. The van der Waals surface area contributed by atoms with E-state index in [1.54, 1.807) is 77.6 Å². The van der Waals surface area contributed by atoms with Gasteiger partial charge in [0.15, 0.2) is 6.10 Å². The Morgan fingerprint density at radius 2 is 1.36 bits per heavy atom. The van der Waals surface area contributed by atoms with E-state index in [4.69, 9.17) is 14.2 Å². The first-order valence-electron chi connectivity index (χ1n) is 26.2. The fraction of sp³-hybridized carbons (Fsp3) is 0.444. The average molecular weight is 1200 g/mol. The van der Waals surface area contributed by atoms with Gasteiger partial charge in [0.05, 0.1) is 72.5 Å². The van der Waals surface area contributed by atoms with Crippen LogP contribution in [0.2, 0.25) is 0 Å². The zero-order chi connectivity index (χ0) is 58.5. The summed E-state index contributed by atoms with van der Waals surface area (Å²) in [5.74, 6) is -4.01. The van der Waals surface area contributed by atoms with Crippen LogP contribution in [-0.4, -0.2) is 146 Å². The predicted molar refractivity (Wildman–Crippen MR) is 296 cm³/mol. The summed E-state index contributed by atoms with van der Waals surface area (Å²) in [6.07, 6.45) is -9.16. The predicted octanol–water partition coefficient (Wildman–Crippen LogP) is 7.11. The van der Waals surface area contributed by atoms with Crippen LogP contribution in [0.4, 0.5) is 22.8 Å². The van der Waals surface area contributed by atoms with Gasteiger partial charge in [-0.2, -0.15) is 21.8 Å². The lowest BCUT2D eigenvalue weighted by molar-refractivity contribution is -0.173. The number of alkyl carbamates (subject to hydrolysis) is 2. The van der Waals surface area contributed by atoms with Crippen molar-refractivity contribution in [1.29, 1.82) is 0 Å². The number of aromatic nitrogens is 2. The normalized spacial score (nSPS) is 16.9. The Bertz CT molecular complexity index is 3320. The molecule has 3 amide bonds. The molecule has 3 heterocycles. The number of benzene rings is 4. The van der Waals surface area contributed by atoms with E-state index in [2.05, 4.69) is 20.6 Å². The van der Waals surface area contributed by atoms with Gasteiger partial charge in [-0.05, 0) is 72.7 Å². The SMILES string of the molecule is CCCCN(C[C@@H](O)C(Cc1ccccc1)NC(=O)OCC1CC(c2nc3ccc(S(=O)(=O)N(C[C@H](C)CC)C[C@@H](O)C(Cc4ccccc4)NC(=O)OCCNC(=O)C(F)(F)F)cc3s2)OC1=O)S(=O)(=O)c1ccc2ncsc2c1. The van der Waals surface area contributed by atoms with E-state index in [0.717, 1.165) is 21.2 Å². The molecule has 7 rings (SSSR count). The zero-order valence-corrected chi connectivity index (χ0v) is 47.8. The summed E-state index contributed by atoms with van der Waals surface area (Å²) in [7, 11) is -8.49. The highest BCUT2D eigenvalue weighted by atomic mass is 32.2. The fourth-order valence-electron chi connectivity index (χ4n) is 8.78. The molecule has 1 saturated heterocycles. The topological polar surface area (TPSA) is 273 Å². The number of hydrogen-bond acceptors (Lipinski definition) is 17. The number of thiazole rings is 2. The number of aliphatic hydroxyl groups is 2. The second-order valence-electron chi connectivity index (χ2n) is 19.6. The third-order valence-corrected chi connectivity index (χ3v) is 19.1. The molecule has 20 nitrogen and oxygen atoms in total. The van der Waals surface area contributed by atoms with Crippen LogP contribution in [-0.2, 0) is 56.7 Å². The number of halogens is 3. The first kappa shape index (κ1) is 62.3. The van der Waals surface area contributed by atoms with E-state index < -0.39 is 113 Å². The summed E-state index contributed by atoms with van der Waals surface area (Å²) >= 11 is 2.39. The van der Waals surface area contributed by atoms with E-state index in [0.29, 0.717) is 50.3 Å². The van der Waals surface area contributed by atoms with Gasteiger partial charge in [-0.1, -0.05) is 94.3 Å². The van der Waals surface area contributed by atoms with Gasteiger partial charge in [0.1, 0.15) is 18.2 Å². The van der Waals surface area contributed by atoms with Gasteiger partial charge >= 0.3 is 30.2 Å². The molecule has 1 aliphatic heterocycles. The fourth-order valence-corrected chi connectivity index (χ4v) is 13.8. The van der Waals surface area contributed by atoms with Gasteiger partial charge in [0.2, 0.25) is 20.0 Å². The number of fused-ring (bicyclic) bond motifs is 2. The average Bonchev–Trinajstić information content (AvgIpc) is 4.27. The van der Waals surface area contributed by atoms with E-state index in [1.807, 2.05) is 26.8 Å². The van der Waals surface area contributed by atoms with Crippen molar-refractivity contribution in [2.45, 2.75) is 106 Å². The molecule has 0 bridgehead atoms. The summed E-state index contributed by atoms with van der Waals surface area (Å²) in [6, 6.07) is 24.4. The minimum absolute atomic E-state index is 0.00191. The zero-order valence-electron chi connectivity index (χ0n) is 44.5. The highest BCUT2D eigenvalue weighted by Gasteiger charge is 2.40. The van der Waals surface area contributed by atoms with Crippen LogP contribution in [0.15, 0.2) is 112 Å². The van der Waals surface area contributed by atoms with E-state index in [-0.39, 0.29) is 54.6 Å². The largest absolute Gasteiger partial charge is 0.471 e. The highest BCUT2D eigenvalue weighted by Crippen LogP contribution is 2.38. The molecule has 5 N–H and O–H groups in total. The van der Waals surface area contributed by atoms with Crippen molar-refractivity contribution >= 4 is 87.2 Å². The molecule has 7 atom stereocenters. The van der Waals surface area contributed by atoms with Gasteiger partial charge in [-0.25, -0.2) is 36.4 Å². The number of alkyl halides is 3. The summed E-state index contributed by atoms with van der Waals surface area (Å²) < 4.78 is 115. The molecule has 1 fully saturated rings. The number of sulfonamides is 2. The molecule has 4 unspecified atom stereocenters. The lowest BCUT2D eigenvalue weighted by atomic mass is 10.0. The monoisotopic (exact) mass is 1200 g/mol. The van der Waals surface area contributed by atoms with Crippen LogP contribution in [0.5, 0.6) is 0 Å². The summed E-state index contributed by atoms with van der Waals surface area (Å²) in [4.78, 5) is 59.6. The first-order valence-corrected chi connectivity index (χ1v) is 30.7. The number of nitrogens with zero attached hydrogens (tertiary/aromatic N) is 4. The number of aliphatic hydroxyl groups excluding tert-OH is 2. The molecule has 1 aliphatic rings. The quantitative estimate of drug-likeness (QED) is 0.0186. The number of ether oxygens (including phenoxy) is 3. The molecular weight excluding hydrogens is 1140 g/mol. The van der Waals surface area contributed by atoms with Gasteiger partial charge in [0.25, 0.3) is 0 Å². The van der Waals surface area contributed by atoms with Gasteiger partial charge in [-0.15, -0.1) is 22.7 Å². The van der Waals surface area contributed by atoms with Crippen molar-refractivity contribution in [3.8, 4) is 0 Å². The van der Waals surface area contributed by atoms with Crippen molar-refractivity contribution in [2.24, 2.45) is 11.8 Å². The summed E-state index contributed by atoms with van der Waals surface area (Å²) in [5, 5.41) is 30.6. The smallest absolute Gasteiger partial charge is 0.455 e. The summed E-state index contributed by atoms with van der Waals surface area (Å²) in [6.45, 7) is 3.14. The Hall–Kier alpha value is -6.33. The van der Waals surface area contributed by atoms with E-state index in [1.165, 1.54) is 39.9 Å². The standard InChI is InChI=1S/C54H64F3N7O13S4/c1-4-6-22-63(80(71,72)38-17-19-40-47(27-38)78-33-59-40)30-44(65)42(24-35-13-9-7-10-14-35)62-53(70)76-32-37-26-46(77-50(37)67)49-60-41-20-18-39(28-48(41)79-49)81(73,74)64(29-34(3)5-2)31-45(66)43(25-36-15-11-8-12-16-36)61-52(69)75-23-21-58-51(68)54(55,56)57/h7-20,27-28,33-34,37,42-46,65-66H,4-6,21-26,29-32H2,1-3H3,(H,58,68)(H,61,69)(H,62,70)/t34-,37?,42?,43?,44-,45-,46?/m1/s1. The van der Waals surface area contributed by atoms with Gasteiger partial charge in [-0.3, -0.25) is 9.59 Å². The molecule has 27 heteroatoms. The van der Waals surface area contributed by atoms with Crippen LogP contribution in [0.3, 0.4) is 0 Å². The van der Waals surface area contributed by atoms with Crippen LogP contribution in [0.1, 0.15) is 68.7 Å². The number of carbonyl (C=O) groups excluding carboxylic acids is 4. The Kier molecular flexibility index (Phi) is 21.6. The maximum absolute atomic E-state index is 14.6. The molecular formula is C54H64F3N7O13S4.